The van der Waals surface area contributed by atoms with E-state index in [1.165, 1.54) is 6.42 Å². The smallest absolute Gasteiger partial charge is 0.334 e. The first-order chi connectivity index (χ1) is 3.79. The van der Waals surface area contributed by atoms with E-state index in [-0.39, 0.29) is 6.04 Å². The lowest BCUT2D eigenvalue weighted by Crippen LogP contribution is -2.36. The van der Waals surface area contributed by atoms with Crippen LogP contribution in [-0.2, 0) is 0 Å². The molecular weight excluding hydrogens is 104 g/mol. The summed E-state index contributed by atoms with van der Waals surface area (Å²) in [7, 11) is 0. The largest absolute Gasteiger partial charge is 0.350 e. The third-order valence-corrected chi connectivity index (χ3v) is 1.38. The fourth-order valence-electron chi connectivity index (χ4n) is 0.696. The van der Waals surface area contributed by atoms with Gasteiger partial charge in [0.2, 0.25) is 0 Å². The Bertz CT molecular complexity index is 98.6. The predicted molar refractivity (Wildman–Crippen MR) is 29.4 cm³/mol. The van der Waals surface area contributed by atoms with Crippen molar-refractivity contribution < 1.29 is 4.79 Å². The molecule has 1 aliphatic carbocycles. The van der Waals surface area contributed by atoms with Crippen LogP contribution in [0.15, 0.2) is 0 Å². The van der Waals surface area contributed by atoms with Gasteiger partial charge in [-0.2, -0.15) is 0 Å². The van der Waals surface area contributed by atoms with Crippen molar-refractivity contribution in [3.8, 4) is 0 Å². The Hall–Kier alpha value is -0.730. The Morgan fingerprint density at radius 3 is 2.38 bits per heavy atom. The second kappa shape index (κ2) is 2.03. The van der Waals surface area contributed by atoms with Crippen LogP contribution in [0.1, 0.15) is 19.3 Å². The molecular formula is C5H9N2O. The number of rotatable bonds is 1. The van der Waals surface area contributed by atoms with Crippen molar-refractivity contribution in [1.82, 2.24) is 5.32 Å². The molecule has 0 bridgehead atoms. The average Bonchev–Trinajstić information content (AvgIpc) is 1.55. The fraction of sp³-hybridized carbons (Fsp3) is 0.800. The van der Waals surface area contributed by atoms with Gasteiger partial charge in [0, 0.05) is 0 Å². The molecule has 0 saturated heterocycles. The Morgan fingerprint density at radius 1 is 1.62 bits per heavy atom. The topological polar surface area (TPSA) is 57.2 Å². The van der Waals surface area contributed by atoms with Crippen LogP contribution < -0.4 is 11.1 Å². The molecule has 0 unspecified atom stereocenters. The second-order valence-electron chi connectivity index (χ2n) is 2.05. The molecule has 45 valence electrons. The van der Waals surface area contributed by atoms with Gasteiger partial charge in [-0.3, -0.25) is 0 Å². The Morgan fingerprint density at radius 2 is 2.25 bits per heavy atom. The normalized spacial score (nSPS) is 19.5. The zero-order valence-electron chi connectivity index (χ0n) is 4.63. The van der Waals surface area contributed by atoms with E-state index in [2.05, 4.69) is 5.32 Å². The molecule has 1 fully saturated rings. The van der Waals surface area contributed by atoms with E-state index >= 15 is 0 Å². The van der Waals surface area contributed by atoms with Crippen LogP contribution in [0.25, 0.3) is 0 Å². The van der Waals surface area contributed by atoms with E-state index < -0.39 is 6.03 Å². The first-order valence-corrected chi connectivity index (χ1v) is 2.79. The quantitative estimate of drug-likeness (QED) is 0.519. The molecule has 1 saturated carbocycles. The summed E-state index contributed by atoms with van der Waals surface area (Å²) in [6, 6.07) is -0.262. The maximum absolute atomic E-state index is 10.1. The number of hydrogen-bond acceptors (Lipinski definition) is 1. The van der Waals surface area contributed by atoms with Gasteiger partial charge in [-0.25, -0.2) is 10.1 Å². The van der Waals surface area contributed by atoms with Gasteiger partial charge in [0.15, 0.2) is 0 Å². The predicted octanol–water partition coefficient (Wildman–Crippen LogP) is 0.222. The van der Waals surface area contributed by atoms with E-state index in [1.807, 2.05) is 0 Å². The number of nitrogens with two attached hydrogens (primary N) is 1. The number of urea groups is 1. The van der Waals surface area contributed by atoms with E-state index in [1.54, 1.807) is 0 Å². The molecule has 1 radical (unpaired) electrons. The van der Waals surface area contributed by atoms with Gasteiger partial charge in [0.05, 0.1) is 6.04 Å². The van der Waals surface area contributed by atoms with Crippen molar-refractivity contribution in [1.29, 1.82) is 0 Å². The van der Waals surface area contributed by atoms with Crippen molar-refractivity contribution in [3.63, 3.8) is 0 Å². The van der Waals surface area contributed by atoms with E-state index in [9.17, 15) is 4.79 Å². The molecule has 0 heterocycles. The molecule has 0 aromatic carbocycles. The van der Waals surface area contributed by atoms with Crippen LogP contribution in [0, 0.1) is 0 Å². The molecule has 2 N–H and O–H groups in total. The zero-order valence-corrected chi connectivity index (χ0v) is 4.63. The van der Waals surface area contributed by atoms with Gasteiger partial charge in [-0.1, -0.05) is 0 Å². The molecule has 0 aromatic heterocycles. The first-order valence-electron chi connectivity index (χ1n) is 2.79. The van der Waals surface area contributed by atoms with Crippen LogP contribution in [0.4, 0.5) is 4.79 Å². The highest BCUT2D eigenvalue weighted by atomic mass is 16.2. The minimum absolute atomic E-state index is 0.257. The minimum Gasteiger partial charge on any atom is -0.350 e. The van der Waals surface area contributed by atoms with Gasteiger partial charge in [0.1, 0.15) is 0 Å². The summed E-state index contributed by atoms with van der Waals surface area (Å²) in [5, 5.41) is 3.62. The SMILES string of the molecule is NC(=O)[N]C1CCC1. The van der Waals surface area contributed by atoms with E-state index in [4.69, 9.17) is 5.73 Å². The Balaban J connectivity index is 2.09. The zero-order chi connectivity index (χ0) is 5.98. The fourth-order valence-corrected chi connectivity index (χ4v) is 0.696. The van der Waals surface area contributed by atoms with Crippen LogP contribution >= 0.6 is 0 Å². The summed E-state index contributed by atoms with van der Waals surface area (Å²) >= 11 is 0. The number of carbonyl (C=O) groups is 1. The van der Waals surface area contributed by atoms with Gasteiger partial charge >= 0.3 is 6.03 Å². The molecule has 0 atom stereocenters. The molecule has 0 aliphatic heterocycles. The first kappa shape index (κ1) is 5.41. The summed E-state index contributed by atoms with van der Waals surface area (Å²) in [6.45, 7) is 0. The summed E-state index contributed by atoms with van der Waals surface area (Å²) < 4.78 is 0. The highest BCUT2D eigenvalue weighted by Crippen LogP contribution is 2.18. The molecule has 1 rings (SSSR count). The second-order valence-corrected chi connectivity index (χ2v) is 2.05. The van der Waals surface area contributed by atoms with Crippen molar-refractivity contribution in [2.24, 2.45) is 5.73 Å². The molecule has 0 spiro atoms. The summed E-state index contributed by atoms with van der Waals surface area (Å²) in [5.74, 6) is 0. The van der Waals surface area contributed by atoms with Crippen LogP contribution in [0.3, 0.4) is 0 Å². The lowest BCUT2D eigenvalue weighted by atomic mass is 9.93. The van der Waals surface area contributed by atoms with Gasteiger partial charge in [-0.15, -0.1) is 0 Å². The van der Waals surface area contributed by atoms with Gasteiger partial charge in [-0.05, 0) is 19.3 Å². The number of amides is 2. The maximum Gasteiger partial charge on any atom is 0.334 e. The lowest BCUT2D eigenvalue weighted by molar-refractivity contribution is 0.235. The van der Waals surface area contributed by atoms with Crippen LogP contribution in [0.2, 0.25) is 0 Å². The summed E-state index contributed by atoms with van der Waals surface area (Å²) in [4.78, 5) is 10.1. The molecule has 1 aliphatic rings. The molecule has 3 heteroatoms. The standard InChI is InChI=1S/C5H9N2O/c6-5(8)7-4-2-1-3-4/h4H,1-3H2,(H2,6,8). The summed E-state index contributed by atoms with van der Waals surface area (Å²) in [6.07, 6.45) is 3.29. The minimum atomic E-state index is -0.519. The van der Waals surface area contributed by atoms with Crippen molar-refractivity contribution in [2.75, 3.05) is 0 Å². The van der Waals surface area contributed by atoms with Crippen molar-refractivity contribution in [3.05, 3.63) is 0 Å². The van der Waals surface area contributed by atoms with Gasteiger partial charge in [0.25, 0.3) is 0 Å². The monoisotopic (exact) mass is 113 g/mol. The number of carbonyl (C=O) groups excluding carboxylic acids is 1. The molecule has 3 nitrogen and oxygen atoms in total. The average molecular weight is 113 g/mol. The highest BCUT2D eigenvalue weighted by molar-refractivity contribution is 5.71. The molecule has 0 aromatic rings. The van der Waals surface area contributed by atoms with E-state index in [0.717, 1.165) is 12.8 Å². The van der Waals surface area contributed by atoms with Crippen molar-refractivity contribution >= 4 is 6.03 Å². The van der Waals surface area contributed by atoms with Crippen molar-refractivity contribution in [2.45, 2.75) is 25.3 Å². The number of primary amides is 1. The van der Waals surface area contributed by atoms with Crippen LogP contribution in [-0.4, -0.2) is 12.1 Å². The number of nitrogens with zero attached hydrogens (tertiary/aromatic N) is 1. The maximum atomic E-state index is 10.1. The third kappa shape index (κ3) is 1.12. The molecule has 8 heavy (non-hydrogen) atoms. The molecule has 2 amide bonds. The van der Waals surface area contributed by atoms with E-state index in [0.29, 0.717) is 0 Å². The van der Waals surface area contributed by atoms with Gasteiger partial charge < -0.3 is 5.73 Å². The lowest BCUT2D eigenvalue weighted by Gasteiger charge is -2.22. The highest BCUT2D eigenvalue weighted by Gasteiger charge is 2.19. The number of hydrogen-bond donors (Lipinski definition) is 1. The van der Waals surface area contributed by atoms with Crippen LogP contribution in [0.5, 0.6) is 0 Å². The Labute approximate surface area is 48.2 Å². The Kier molecular flexibility index (Phi) is 1.37. The summed E-state index contributed by atoms with van der Waals surface area (Å²) in [5.41, 5.74) is 4.80. The third-order valence-electron chi connectivity index (χ3n) is 1.38.